The fourth-order valence-electron chi connectivity index (χ4n) is 2.38. The van der Waals surface area contributed by atoms with Crippen molar-refractivity contribution in [1.29, 1.82) is 0 Å². The van der Waals surface area contributed by atoms with Crippen molar-refractivity contribution in [3.63, 3.8) is 0 Å². The van der Waals surface area contributed by atoms with Crippen molar-refractivity contribution in [2.24, 2.45) is 0 Å². The molecule has 0 saturated heterocycles. The quantitative estimate of drug-likeness (QED) is 0.844. The van der Waals surface area contributed by atoms with Crippen LogP contribution in [0.2, 0.25) is 0 Å². The number of nitrogens with one attached hydrogen (secondary N) is 2. The van der Waals surface area contributed by atoms with E-state index < -0.39 is 23.4 Å². The number of hydrogen-bond acceptors (Lipinski definition) is 3. The van der Waals surface area contributed by atoms with Gasteiger partial charge in [0.2, 0.25) is 0 Å². The SMILES string of the molecule is O=C(NCC1(c2ccsc2)CC1)C(=O)Nc1ccc(F)cc1F. The molecule has 1 aromatic carbocycles. The fraction of sp³-hybridized carbons (Fsp3) is 0.250. The predicted octanol–water partition coefficient (Wildman–Crippen LogP) is 2.81. The van der Waals surface area contributed by atoms with Gasteiger partial charge in [-0.25, -0.2) is 8.78 Å². The highest BCUT2D eigenvalue weighted by Gasteiger charge is 2.44. The summed E-state index contributed by atoms with van der Waals surface area (Å²) in [6, 6.07) is 4.73. The Morgan fingerprint density at radius 3 is 2.57 bits per heavy atom. The Bertz CT molecular complexity index is 743. The Labute approximate surface area is 135 Å². The van der Waals surface area contributed by atoms with Gasteiger partial charge in [-0.15, -0.1) is 0 Å². The van der Waals surface area contributed by atoms with Crippen LogP contribution in [0.1, 0.15) is 18.4 Å². The molecule has 0 radical (unpaired) electrons. The molecule has 2 N–H and O–H groups in total. The maximum atomic E-state index is 13.5. The lowest BCUT2D eigenvalue weighted by Crippen LogP contribution is -2.39. The number of hydrogen-bond donors (Lipinski definition) is 2. The van der Waals surface area contributed by atoms with Crippen LogP contribution in [0.15, 0.2) is 35.0 Å². The third kappa shape index (κ3) is 3.39. The summed E-state index contributed by atoms with van der Waals surface area (Å²) in [6.07, 6.45) is 1.91. The second-order valence-corrected chi connectivity index (χ2v) is 6.33. The Morgan fingerprint density at radius 1 is 1.17 bits per heavy atom. The van der Waals surface area contributed by atoms with E-state index in [0.717, 1.165) is 30.5 Å². The average Bonchev–Trinajstić information content (AvgIpc) is 3.10. The number of rotatable bonds is 4. The summed E-state index contributed by atoms with van der Waals surface area (Å²) in [4.78, 5) is 23.6. The lowest BCUT2D eigenvalue weighted by atomic mass is 9.99. The number of carbonyl (C=O) groups excluding carboxylic acids is 2. The molecule has 23 heavy (non-hydrogen) atoms. The first kappa shape index (κ1) is 15.6. The number of halogens is 2. The molecule has 0 spiro atoms. The lowest BCUT2D eigenvalue weighted by molar-refractivity contribution is -0.136. The standard InChI is InChI=1S/C16H14F2N2O2S/c17-11-1-2-13(12(18)7-11)20-15(22)14(21)19-9-16(4-5-16)10-3-6-23-8-10/h1-3,6-8H,4-5,9H2,(H,19,21)(H,20,22). The smallest absolute Gasteiger partial charge is 0.313 e. The molecule has 3 rings (SSSR count). The molecule has 0 bridgehead atoms. The summed E-state index contributed by atoms with van der Waals surface area (Å²) in [6.45, 7) is 0.363. The molecule has 4 nitrogen and oxygen atoms in total. The van der Waals surface area contributed by atoms with E-state index in [1.54, 1.807) is 11.3 Å². The summed E-state index contributed by atoms with van der Waals surface area (Å²) in [5, 5.41) is 8.73. The minimum atomic E-state index is -0.975. The molecule has 120 valence electrons. The Hall–Kier alpha value is -2.28. The molecule has 0 aliphatic heterocycles. The van der Waals surface area contributed by atoms with E-state index in [1.807, 2.05) is 16.8 Å². The zero-order chi connectivity index (χ0) is 16.4. The number of amides is 2. The second kappa shape index (κ2) is 6.08. The topological polar surface area (TPSA) is 58.2 Å². The van der Waals surface area contributed by atoms with Gasteiger partial charge in [-0.2, -0.15) is 11.3 Å². The first-order chi connectivity index (χ1) is 11.0. The second-order valence-electron chi connectivity index (χ2n) is 5.55. The molecular weight excluding hydrogens is 322 g/mol. The zero-order valence-corrected chi connectivity index (χ0v) is 12.9. The van der Waals surface area contributed by atoms with Crippen LogP contribution in [0.4, 0.5) is 14.5 Å². The Kier molecular flexibility index (Phi) is 4.12. The molecule has 1 saturated carbocycles. The predicted molar refractivity (Wildman–Crippen MR) is 83.2 cm³/mol. The minimum Gasteiger partial charge on any atom is -0.347 e. The van der Waals surface area contributed by atoms with Crippen molar-refractivity contribution >= 4 is 28.8 Å². The molecule has 1 aliphatic rings. The Morgan fingerprint density at radius 2 is 1.96 bits per heavy atom. The maximum Gasteiger partial charge on any atom is 0.313 e. The van der Waals surface area contributed by atoms with Crippen LogP contribution in [-0.4, -0.2) is 18.4 Å². The van der Waals surface area contributed by atoms with Gasteiger partial charge < -0.3 is 10.6 Å². The molecule has 7 heteroatoms. The number of carbonyl (C=O) groups is 2. The van der Waals surface area contributed by atoms with E-state index in [-0.39, 0.29) is 11.1 Å². The van der Waals surface area contributed by atoms with Crippen LogP contribution in [0.25, 0.3) is 0 Å². The highest BCUT2D eigenvalue weighted by molar-refractivity contribution is 7.08. The van der Waals surface area contributed by atoms with Crippen molar-refractivity contribution in [1.82, 2.24) is 5.32 Å². The van der Waals surface area contributed by atoms with Crippen LogP contribution in [0.5, 0.6) is 0 Å². The zero-order valence-electron chi connectivity index (χ0n) is 12.1. The highest BCUT2D eigenvalue weighted by Crippen LogP contribution is 2.48. The van der Waals surface area contributed by atoms with E-state index in [0.29, 0.717) is 12.6 Å². The van der Waals surface area contributed by atoms with Gasteiger partial charge in [0.05, 0.1) is 5.69 Å². The van der Waals surface area contributed by atoms with Crippen LogP contribution in [0, 0.1) is 11.6 Å². The lowest BCUT2D eigenvalue weighted by Gasteiger charge is -2.14. The third-order valence-electron chi connectivity index (χ3n) is 3.96. The monoisotopic (exact) mass is 336 g/mol. The maximum absolute atomic E-state index is 13.5. The third-order valence-corrected chi connectivity index (χ3v) is 4.64. The van der Waals surface area contributed by atoms with Crippen LogP contribution >= 0.6 is 11.3 Å². The molecular formula is C16H14F2N2O2S. The van der Waals surface area contributed by atoms with Gasteiger partial charge in [-0.3, -0.25) is 9.59 Å². The molecule has 1 aromatic heterocycles. The normalized spacial score (nSPS) is 15.0. The van der Waals surface area contributed by atoms with Crippen LogP contribution in [0.3, 0.4) is 0 Å². The summed E-state index contributed by atoms with van der Waals surface area (Å²) in [5.74, 6) is -3.49. The van der Waals surface area contributed by atoms with Gasteiger partial charge in [0, 0.05) is 18.0 Å². The van der Waals surface area contributed by atoms with Crippen LogP contribution in [-0.2, 0) is 15.0 Å². The van der Waals surface area contributed by atoms with Crippen molar-refractivity contribution in [2.45, 2.75) is 18.3 Å². The van der Waals surface area contributed by atoms with Crippen molar-refractivity contribution in [3.05, 3.63) is 52.2 Å². The summed E-state index contributed by atoms with van der Waals surface area (Å²) in [5.41, 5.74) is 0.843. The molecule has 1 aliphatic carbocycles. The van der Waals surface area contributed by atoms with Crippen molar-refractivity contribution in [3.8, 4) is 0 Å². The van der Waals surface area contributed by atoms with Gasteiger partial charge in [0.15, 0.2) is 0 Å². The van der Waals surface area contributed by atoms with Crippen molar-refractivity contribution in [2.75, 3.05) is 11.9 Å². The molecule has 0 unspecified atom stereocenters. The summed E-state index contributed by atoms with van der Waals surface area (Å²) in [7, 11) is 0. The van der Waals surface area contributed by atoms with E-state index in [1.165, 1.54) is 0 Å². The molecule has 0 atom stereocenters. The van der Waals surface area contributed by atoms with Gasteiger partial charge in [0.1, 0.15) is 11.6 Å². The van der Waals surface area contributed by atoms with E-state index in [2.05, 4.69) is 10.6 Å². The molecule has 1 heterocycles. The van der Waals surface area contributed by atoms with Gasteiger partial charge >= 0.3 is 11.8 Å². The molecule has 2 aromatic rings. The van der Waals surface area contributed by atoms with E-state index in [4.69, 9.17) is 0 Å². The van der Waals surface area contributed by atoms with E-state index in [9.17, 15) is 18.4 Å². The average molecular weight is 336 g/mol. The first-order valence-corrected chi connectivity index (χ1v) is 8.01. The molecule has 2 amide bonds. The van der Waals surface area contributed by atoms with Gasteiger partial charge in [-0.05, 0) is 47.4 Å². The fourth-order valence-corrected chi connectivity index (χ4v) is 3.16. The Balaban J connectivity index is 1.57. The first-order valence-electron chi connectivity index (χ1n) is 7.07. The van der Waals surface area contributed by atoms with E-state index >= 15 is 0 Å². The number of benzene rings is 1. The summed E-state index contributed by atoms with van der Waals surface area (Å²) < 4.78 is 26.3. The van der Waals surface area contributed by atoms with Crippen LogP contribution < -0.4 is 10.6 Å². The van der Waals surface area contributed by atoms with Crippen molar-refractivity contribution < 1.29 is 18.4 Å². The number of anilines is 1. The van der Waals surface area contributed by atoms with Gasteiger partial charge in [-0.1, -0.05) is 0 Å². The molecule has 1 fully saturated rings. The minimum absolute atomic E-state index is 0.0862. The highest BCUT2D eigenvalue weighted by atomic mass is 32.1. The number of thiophene rings is 1. The summed E-state index contributed by atoms with van der Waals surface area (Å²) >= 11 is 1.59. The largest absolute Gasteiger partial charge is 0.347 e. The van der Waals surface area contributed by atoms with Gasteiger partial charge in [0.25, 0.3) is 0 Å².